The zero-order valence-electron chi connectivity index (χ0n) is 3.24. The van der Waals surface area contributed by atoms with Crippen molar-refractivity contribution in [2.45, 2.75) is 0 Å². The number of hydrogen-bond acceptors (Lipinski definition) is 0. The predicted molar refractivity (Wildman–Crippen MR) is 7.86 cm³/mol. The van der Waals surface area contributed by atoms with Crippen LogP contribution in [0.1, 0.15) is 0 Å². The van der Waals surface area contributed by atoms with Gasteiger partial charge in [0.25, 0.3) is 0 Å². The van der Waals surface area contributed by atoms with Gasteiger partial charge in [0, 0.05) is 39.0 Å². The van der Waals surface area contributed by atoms with Crippen molar-refractivity contribution >= 4 is 0 Å². The summed E-state index contributed by atoms with van der Waals surface area (Å²) in [6.45, 7) is 9.00. The fourth-order valence-electron chi connectivity index (χ4n) is 0. The van der Waals surface area contributed by atoms with Gasteiger partial charge < -0.3 is 24.8 Å². The molecule has 0 amide bonds. The van der Waals surface area contributed by atoms with Gasteiger partial charge in [0.05, 0.1) is 0 Å². The maximum absolute atomic E-state index is 7.50. The molecule has 0 saturated carbocycles. The van der Waals surface area contributed by atoms with Crippen molar-refractivity contribution in [1.82, 2.24) is 0 Å². The Morgan fingerprint density at radius 3 is 0.625 bits per heavy atom. The van der Waals surface area contributed by atoms with Crippen LogP contribution < -0.4 is 24.8 Å². The third kappa shape index (κ3) is 170. The molecule has 0 rings (SSSR count). The minimum Gasteiger partial charge on any atom is -1.00 e. The van der Waals surface area contributed by atoms with E-state index < -0.39 is 0 Å². The summed E-state index contributed by atoms with van der Waals surface area (Å²) < 4.78 is 15.0. The van der Waals surface area contributed by atoms with E-state index in [2.05, 4.69) is 13.3 Å². The Bertz CT molecular complexity index is 31.5. The first-order valence-electron chi connectivity index (χ1n) is 0.408. The first-order valence-corrected chi connectivity index (χ1v) is 0.408. The van der Waals surface area contributed by atoms with Crippen LogP contribution in [0.25, 0.3) is 0 Å². The van der Waals surface area contributed by atoms with Crippen molar-refractivity contribution in [3.05, 3.63) is 13.3 Å². The molecule has 0 aliphatic heterocycles. The van der Waals surface area contributed by atoms with Gasteiger partial charge in [-0.3, -0.25) is 0 Å². The molecule has 0 N–H and O–H groups in total. The van der Waals surface area contributed by atoms with Gasteiger partial charge in [-0.2, -0.15) is 0 Å². The van der Waals surface area contributed by atoms with E-state index in [0.29, 0.717) is 0 Å². The van der Waals surface area contributed by atoms with Crippen LogP contribution in [0.15, 0.2) is 0 Å². The van der Waals surface area contributed by atoms with Crippen LogP contribution in [0.2, 0.25) is 0 Å². The van der Waals surface area contributed by atoms with Crippen molar-refractivity contribution < 1.29 is 73.1 Å². The van der Waals surface area contributed by atoms with Crippen LogP contribution in [-0.2, 0) is 48.3 Å². The molecule has 0 aliphatic rings. The monoisotopic (exact) mass is 332 g/mol. The van der Waals surface area contributed by atoms with Crippen molar-refractivity contribution in [2.75, 3.05) is 0 Å². The first-order chi connectivity index (χ1) is 2.00. The first kappa shape index (κ1) is 58.7. The zero-order chi connectivity index (χ0) is 4.00. The molecule has 0 spiro atoms. The van der Waals surface area contributed by atoms with Crippen LogP contribution in [0.3, 0.4) is 0 Å². The van der Waals surface area contributed by atoms with E-state index >= 15 is 0 Å². The van der Waals surface area contributed by atoms with Gasteiger partial charge in [-0.25, -0.2) is 0 Å². The summed E-state index contributed by atoms with van der Waals surface area (Å²) >= 11 is 0. The molecular formula is C2Cl2O2Rh2-2. The maximum atomic E-state index is 7.50. The van der Waals surface area contributed by atoms with Crippen molar-refractivity contribution in [3.63, 3.8) is 0 Å². The van der Waals surface area contributed by atoms with Gasteiger partial charge in [0.15, 0.2) is 0 Å². The molecule has 0 aromatic carbocycles. The number of halogens is 2. The fourth-order valence-corrected chi connectivity index (χ4v) is 0. The quantitative estimate of drug-likeness (QED) is 0.241. The average Bonchev–Trinajstić information content (AvgIpc) is 1.50. The Kier molecular flexibility index (Phi) is 1910. The Hall–Kier alpha value is 1.31. The Labute approximate surface area is 85.9 Å². The third-order valence-electron chi connectivity index (χ3n) is 0. The van der Waals surface area contributed by atoms with Crippen LogP contribution >= 0.6 is 0 Å². The van der Waals surface area contributed by atoms with E-state index in [-0.39, 0.29) is 63.8 Å². The zero-order valence-corrected chi connectivity index (χ0v) is 8.03. The van der Waals surface area contributed by atoms with Crippen molar-refractivity contribution in [2.24, 2.45) is 0 Å². The van der Waals surface area contributed by atoms with Crippen LogP contribution in [0.5, 0.6) is 0 Å². The largest absolute Gasteiger partial charge is 1.00 e. The van der Waals surface area contributed by atoms with E-state index in [1.807, 2.05) is 0 Å². The van der Waals surface area contributed by atoms with Gasteiger partial charge in [-0.1, -0.05) is 0 Å². The molecule has 54 valence electrons. The van der Waals surface area contributed by atoms with E-state index in [1.54, 1.807) is 0 Å². The van der Waals surface area contributed by atoms with Gasteiger partial charge in [-0.05, 0) is 0 Å². The summed E-state index contributed by atoms with van der Waals surface area (Å²) in [5, 5.41) is 0. The molecule has 0 saturated heterocycles. The van der Waals surface area contributed by atoms with Crippen LogP contribution in [-0.4, -0.2) is 0 Å². The molecule has 2 nitrogen and oxygen atoms in total. The van der Waals surface area contributed by atoms with Gasteiger partial charge >= 0.3 is 22.6 Å². The van der Waals surface area contributed by atoms with Gasteiger partial charge in [0.1, 0.15) is 0 Å². The van der Waals surface area contributed by atoms with Crippen LogP contribution in [0, 0.1) is 13.3 Å². The number of rotatable bonds is 0. The molecule has 0 aromatic rings. The molecule has 2 radical (unpaired) electrons. The molecule has 0 aromatic heterocycles. The Balaban J connectivity index is -0.00000000167. The summed E-state index contributed by atoms with van der Waals surface area (Å²) in [4.78, 5) is 0. The summed E-state index contributed by atoms with van der Waals surface area (Å²) in [5.41, 5.74) is 0. The Morgan fingerprint density at radius 1 is 0.625 bits per heavy atom. The van der Waals surface area contributed by atoms with Crippen molar-refractivity contribution in [1.29, 1.82) is 0 Å². The second kappa shape index (κ2) is 260. The molecule has 0 atom stereocenters. The molecule has 8 heavy (non-hydrogen) atoms. The maximum Gasteiger partial charge on any atom is 0 e. The smallest absolute Gasteiger partial charge is 0 e. The van der Waals surface area contributed by atoms with Crippen LogP contribution in [0.4, 0.5) is 0 Å². The predicted octanol–water partition coefficient (Wildman–Crippen LogP) is -6.07. The second-order valence-corrected chi connectivity index (χ2v) is 0. The standard InChI is InChI=1S/2CO.2ClH.2Rh/c2*1-2;;;;/h;;2*1H;;/p-2. The molecule has 0 bridgehead atoms. The van der Waals surface area contributed by atoms with E-state index in [1.165, 1.54) is 0 Å². The molecule has 0 unspecified atom stereocenters. The van der Waals surface area contributed by atoms with E-state index in [9.17, 15) is 0 Å². The van der Waals surface area contributed by atoms with E-state index in [0.717, 1.165) is 0 Å². The summed E-state index contributed by atoms with van der Waals surface area (Å²) in [7, 11) is 0. The summed E-state index contributed by atoms with van der Waals surface area (Å²) in [5.74, 6) is 0. The van der Waals surface area contributed by atoms with E-state index in [4.69, 9.17) is 9.30 Å². The molecular weight excluding hydrogens is 333 g/mol. The Morgan fingerprint density at radius 2 is 0.625 bits per heavy atom. The SMILES string of the molecule is [C-]#[O+].[C-]#[O+].[Cl-].[Cl-].[Rh].[Rh]. The van der Waals surface area contributed by atoms with Gasteiger partial charge in [-0.15, -0.1) is 0 Å². The average molecular weight is 333 g/mol. The normalized spacial score (nSPS) is 0.500. The molecule has 0 heterocycles. The third-order valence-corrected chi connectivity index (χ3v) is 0. The number of hydrogen-bond donors (Lipinski definition) is 0. The minimum absolute atomic E-state index is 0. The topological polar surface area (TPSA) is 39.8 Å². The van der Waals surface area contributed by atoms with Crippen molar-refractivity contribution in [3.8, 4) is 0 Å². The summed E-state index contributed by atoms with van der Waals surface area (Å²) in [6.07, 6.45) is 0. The molecule has 6 heteroatoms. The van der Waals surface area contributed by atoms with Gasteiger partial charge in [0.2, 0.25) is 0 Å². The molecule has 0 fully saturated rings. The summed E-state index contributed by atoms with van der Waals surface area (Å²) in [6, 6.07) is 0. The fraction of sp³-hybridized carbons (Fsp3) is 0. The molecule has 0 aliphatic carbocycles. The minimum atomic E-state index is 0. The second-order valence-electron chi connectivity index (χ2n) is 0.